The SMILES string of the molecule is Cc1c(Cl)c(C(F)(F)F)nn1CC(=O)N1CCN(c2ccc(Cl)c(N)c2)CC1. The Morgan fingerprint density at radius 1 is 1.21 bits per heavy atom. The predicted octanol–water partition coefficient (Wildman–Crippen LogP) is 3.45. The van der Waals surface area contributed by atoms with Crippen LogP contribution in [0.15, 0.2) is 18.2 Å². The fraction of sp³-hybridized carbons (Fsp3) is 0.412. The largest absolute Gasteiger partial charge is 0.436 e. The lowest BCUT2D eigenvalue weighted by Crippen LogP contribution is -2.49. The summed E-state index contributed by atoms with van der Waals surface area (Å²) in [5.41, 5.74) is 6.13. The quantitative estimate of drug-likeness (QED) is 0.749. The van der Waals surface area contributed by atoms with E-state index in [1.807, 2.05) is 6.07 Å². The molecule has 0 spiro atoms. The number of benzene rings is 1. The number of carbonyl (C=O) groups excluding carboxylic acids is 1. The molecular formula is C17H18Cl2F3N5O. The Labute approximate surface area is 169 Å². The van der Waals surface area contributed by atoms with E-state index in [4.69, 9.17) is 28.9 Å². The molecule has 1 amide bonds. The van der Waals surface area contributed by atoms with Gasteiger partial charge in [0.25, 0.3) is 0 Å². The van der Waals surface area contributed by atoms with E-state index in [0.29, 0.717) is 36.9 Å². The molecule has 6 nitrogen and oxygen atoms in total. The number of hydrogen-bond acceptors (Lipinski definition) is 4. The molecule has 2 heterocycles. The van der Waals surface area contributed by atoms with Crippen LogP contribution in [0.3, 0.4) is 0 Å². The molecule has 28 heavy (non-hydrogen) atoms. The highest BCUT2D eigenvalue weighted by Crippen LogP contribution is 2.35. The van der Waals surface area contributed by atoms with Gasteiger partial charge in [0.2, 0.25) is 5.91 Å². The summed E-state index contributed by atoms with van der Waals surface area (Å²) in [6, 6.07) is 5.34. The lowest BCUT2D eigenvalue weighted by molar-refractivity contribution is -0.142. The van der Waals surface area contributed by atoms with Gasteiger partial charge >= 0.3 is 6.18 Å². The number of amides is 1. The Kier molecular flexibility index (Phi) is 5.67. The van der Waals surface area contributed by atoms with Crippen LogP contribution in [-0.4, -0.2) is 46.8 Å². The topological polar surface area (TPSA) is 67.4 Å². The summed E-state index contributed by atoms with van der Waals surface area (Å²) in [7, 11) is 0. The van der Waals surface area contributed by atoms with E-state index >= 15 is 0 Å². The van der Waals surface area contributed by atoms with Crippen molar-refractivity contribution < 1.29 is 18.0 Å². The lowest BCUT2D eigenvalue weighted by Gasteiger charge is -2.36. The van der Waals surface area contributed by atoms with Crippen molar-refractivity contribution in [3.63, 3.8) is 0 Å². The molecule has 1 fully saturated rings. The third-order valence-corrected chi connectivity index (χ3v) is 5.46. The molecule has 0 atom stereocenters. The smallest absolute Gasteiger partial charge is 0.397 e. The number of piperazine rings is 1. The summed E-state index contributed by atoms with van der Waals surface area (Å²) in [5.74, 6) is -0.314. The second-order valence-corrected chi connectivity index (χ2v) is 7.26. The van der Waals surface area contributed by atoms with Crippen molar-refractivity contribution >= 4 is 40.5 Å². The molecule has 3 rings (SSSR count). The normalized spacial score (nSPS) is 15.2. The molecule has 1 aromatic heterocycles. The van der Waals surface area contributed by atoms with Crippen molar-refractivity contribution in [3.8, 4) is 0 Å². The van der Waals surface area contributed by atoms with E-state index in [0.717, 1.165) is 10.4 Å². The number of alkyl halides is 3. The van der Waals surface area contributed by atoms with Gasteiger partial charge in [-0.25, -0.2) is 0 Å². The van der Waals surface area contributed by atoms with Gasteiger partial charge in [0.15, 0.2) is 5.69 Å². The van der Waals surface area contributed by atoms with Crippen molar-refractivity contribution in [2.24, 2.45) is 0 Å². The van der Waals surface area contributed by atoms with E-state index in [2.05, 4.69) is 10.00 Å². The number of aromatic nitrogens is 2. The maximum atomic E-state index is 12.9. The highest BCUT2D eigenvalue weighted by atomic mass is 35.5. The van der Waals surface area contributed by atoms with Crippen LogP contribution >= 0.6 is 23.2 Å². The summed E-state index contributed by atoms with van der Waals surface area (Å²) >= 11 is 11.7. The van der Waals surface area contributed by atoms with Gasteiger partial charge < -0.3 is 15.5 Å². The van der Waals surface area contributed by atoms with Gasteiger partial charge in [-0.1, -0.05) is 23.2 Å². The summed E-state index contributed by atoms with van der Waals surface area (Å²) in [6.07, 6.45) is -4.66. The first-order valence-electron chi connectivity index (χ1n) is 8.45. The van der Waals surface area contributed by atoms with Crippen LogP contribution in [0.4, 0.5) is 24.5 Å². The number of nitrogen functional groups attached to an aromatic ring is 1. The maximum absolute atomic E-state index is 12.9. The Morgan fingerprint density at radius 3 is 2.39 bits per heavy atom. The third-order valence-electron chi connectivity index (χ3n) is 4.66. The van der Waals surface area contributed by atoms with Crippen LogP contribution in [-0.2, 0) is 17.5 Å². The van der Waals surface area contributed by atoms with Crippen molar-refractivity contribution in [1.82, 2.24) is 14.7 Å². The van der Waals surface area contributed by atoms with Crippen molar-refractivity contribution in [3.05, 3.63) is 39.6 Å². The Bertz CT molecular complexity index is 892. The van der Waals surface area contributed by atoms with Crippen LogP contribution in [0.1, 0.15) is 11.4 Å². The fourth-order valence-corrected chi connectivity index (χ4v) is 3.39. The average molecular weight is 436 g/mol. The zero-order valence-electron chi connectivity index (χ0n) is 14.9. The predicted molar refractivity (Wildman–Crippen MR) is 102 cm³/mol. The minimum absolute atomic E-state index is 0.109. The zero-order chi connectivity index (χ0) is 20.6. The van der Waals surface area contributed by atoms with Gasteiger partial charge in [0.1, 0.15) is 6.54 Å². The highest BCUT2D eigenvalue weighted by molar-refractivity contribution is 6.33. The molecule has 2 N–H and O–H groups in total. The van der Waals surface area contributed by atoms with Crippen molar-refractivity contribution in [2.75, 3.05) is 36.8 Å². The number of rotatable bonds is 3. The molecule has 0 unspecified atom stereocenters. The molecule has 1 aliphatic rings. The van der Waals surface area contributed by atoms with E-state index in [1.165, 1.54) is 6.92 Å². The molecule has 0 radical (unpaired) electrons. The molecule has 11 heteroatoms. The Hall–Kier alpha value is -2.13. The lowest BCUT2D eigenvalue weighted by atomic mass is 10.2. The van der Waals surface area contributed by atoms with Crippen LogP contribution in [0, 0.1) is 6.92 Å². The second kappa shape index (κ2) is 7.71. The van der Waals surface area contributed by atoms with E-state index in [9.17, 15) is 18.0 Å². The van der Waals surface area contributed by atoms with Gasteiger partial charge in [0, 0.05) is 31.9 Å². The summed E-state index contributed by atoms with van der Waals surface area (Å²) in [6.45, 7) is 3.11. The molecule has 0 bridgehead atoms. The molecule has 152 valence electrons. The molecule has 2 aromatic rings. The number of hydrogen-bond donors (Lipinski definition) is 1. The van der Waals surface area contributed by atoms with Crippen LogP contribution in [0.2, 0.25) is 10.0 Å². The van der Waals surface area contributed by atoms with Gasteiger partial charge in [0.05, 0.1) is 21.4 Å². The van der Waals surface area contributed by atoms with Crippen molar-refractivity contribution in [1.29, 1.82) is 0 Å². The first-order valence-corrected chi connectivity index (χ1v) is 9.21. The second-order valence-electron chi connectivity index (χ2n) is 6.48. The Morgan fingerprint density at radius 2 is 1.86 bits per heavy atom. The maximum Gasteiger partial charge on any atom is 0.436 e. The minimum atomic E-state index is -4.66. The van der Waals surface area contributed by atoms with Crippen LogP contribution < -0.4 is 10.6 Å². The molecule has 0 aliphatic carbocycles. The van der Waals surface area contributed by atoms with Gasteiger partial charge in [-0.15, -0.1) is 0 Å². The number of nitrogens with two attached hydrogens (primary N) is 1. The van der Waals surface area contributed by atoms with Gasteiger partial charge in [-0.05, 0) is 25.1 Å². The van der Waals surface area contributed by atoms with E-state index in [-0.39, 0.29) is 18.1 Å². The standard InChI is InChI=1S/C17H18Cl2F3N5O/c1-10-15(19)16(17(20,21)22)24-27(10)9-14(28)26-6-4-25(5-7-26)11-2-3-12(18)13(23)8-11/h2-3,8H,4-7,9,23H2,1H3. The number of anilines is 2. The monoisotopic (exact) mass is 435 g/mol. The summed E-state index contributed by atoms with van der Waals surface area (Å²) in [5, 5.41) is 3.47. The summed E-state index contributed by atoms with van der Waals surface area (Å²) in [4.78, 5) is 16.2. The first-order chi connectivity index (χ1) is 13.1. The zero-order valence-corrected chi connectivity index (χ0v) is 16.4. The third kappa shape index (κ3) is 4.15. The molecular weight excluding hydrogens is 418 g/mol. The Balaban J connectivity index is 1.64. The van der Waals surface area contributed by atoms with Crippen LogP contribution in [0.25, 0.3) is 0 Å². The first kappa shape index (κ1) is 20.6. The molecule has 1 aliphatic heterocycles. The van der Waals surface area contributed by atoms with E-state index < -0.39 is 16.9 Å². The summed E-state index contributed by atoms with van der Waals surface area (Å²) < 4.78 is 39.7. The van der Waals surface area contributed by atoms with Crippen molar-refractivity contribution in [2.45, 2.75) is 19.6 Å². The fourth-order valence-electron chi connectivity index (χ4n) is 3.03. The molecule has 0 saturated carbocycles. The molecule has 1 aromatic carbocycles. The van der Waals surface area contributed by atoms with Gasteiger partial charge in [-0.3, -0.25) is 9.48 Å². The number of carbonyl (C=O) groups is 1. The number of nitrogens with zero attached hydrogens (tertiary/aromatic N) is 4. The molecule has 1 saturated heterocycles. The van der Waals surface area contributed by atoms with Gasteiger partial charge in [-0.2, -0.15) is 18.3 Å². The minimum Gasteiger partial charge on any atom is -0.397 e. The van der Waals surface area contributed by atoms with Crippen LogP contribution in [0.5, 0.6) is 0 Å². The average Bonchev–Trinajstić information content (AvgIpc) is 2.92. The highest BCUT2D eigenvalue weighted by Gasteiger charge is 2.38. The number of halogens is 5. The van der Waals surface area contributed by atoms with E-state index in [1.54, 1.807) is 17.0 Å².